The molecule has 3 heterocycles. The molecule has 0 N–H and O–H groups in total. The van der Waals surface area contributed by atoms with Gasteiger partial charge in [-0.2, -0.15) is 0 Å². The highest BCUT2D eigenvalue weighted by Crippen LogP contribution is 2.21. The first-order valence-corrected chi connectivity index (χ1v) is 9.45. The molecular formula is C17H25N3O2S. The molecule has 23 heavy (non-hydrogen) atoms. The van der Waals surface area contributed by atoms with Crippen molar-refractivity contribution in [2.45, 2.75) is 30.3 Å². The van der Waals surface area contributed by atoms with Crippen LogP contribution in [0.1, 0.15) is 19.3 Å². The molecule has 0 aromatic carbocycles. The Morgan fingerprint density at radius 1 is 1.26 bits per heavy atom. The highest BCUT2D eigenvalue weighted by Gasteiger charge is 2.28. The minimum absolute atomic E-state index is 0.249. The highest BCUT2D eigenvalue weighted by atomic mass is 32.2. The van der Waals surface area contributed by atoms with Gasteiger partial charge in [-0.15, -0.1) is 0 Å². The number of hydrogen-bond donors (Lipinski definition) is 0. The summed E-state index contributed by atoms with van der Waals surface area (Å²) in [6.07, 6.45) is 5.25. The van der Waals surface area contributed by atoms with Crippen LogP contribution in [0.2, 0.25) is 0 Å². The molecule has 2 fully saturated rings. The minimum atomic E-state index is 0.249. The van der Waals surface area contributed by atoms with Crippen LogP contribution < -0.4 is 0 Å². The second kappa shape index (κ2) is 8.66. The van der Waals surface area contributed by atoms with Crippen LogP contribution in [0.4, 0.5) is 0 Å². The smallest absolute Gasteiger partial charge is 0.233 e. The van der Waals surface area contributed by atoms with Crippen LogP contribution in [0.3, 0.4) is 0 Å². The van der Waals surface area contributed by atoms with Crippen LogP contribution in [-0.2, 0) is 9.53 Å². The van der Waals surface area contributed by atoms with E-state index in [1.54, 1.807) is 6.20 Å². The molecule has 0 radical (unpaired) electrons. The molecule has 3 rings (SSSR count). The van der Waals surface area contributed by atoms with Crippen LogP contribution in [0, 0.1) is 0 Å². The maximum atomic E-state index is 12.7. The van der Waals surface area contributed by atoms with E-state index < -0.39 is 0 Å². The van der Waals surface area contributed by atoms with Crippen molar-refractivity contribution in [3.05, 3.63) is 24.4 Å². The van der Waals surface area contributed by atoms with Crippen molar-refractivity contribution in [2.24, 2.45) is 0 Å². The molecule has 6 heteroatoms. The normalized spacial score (nSPS) is 23.0. The van der Waals surface area contributed by atoms with Crippen molar-refractivity contribution >= 4 is 17.7 Å². The van der Waals surface area contributed by atoms with Gasteiger partial charge in [0, 0.05) is 38.4 Å². The van der Waals surface area contributed by atoms with Crippen LogP contribution in [0.25, 0.3) is 0 Å². The summed E-state index contributed by atoms with van der Waals surface area (Å²) in [6.45, 7) is 5.49. The number of carbonyl (C=O) groups excluding carboxylic acids is 1. The topological polar surface area (TPSA) is 45.7 Å². The predicted molar refractivity (Wildman–Crippen MR) is 91.6 cm³/mol. The zero-order chi connectivity index (χ0) is 15.9. The van der Waals surface area contributed by atoms with Gasteiger partial charge in [0.25, 0.3) is 0 Å². The van der Waals surface area contributed by atoms with E-state index in [4.69, 9.17) is 4.74 Å². The summed E-state index contributed by atoms with van der Waals surface area (Å²) < 4.78 is 5.42. The fourth-order valence-corrected chi connectivity index (χ4v) is 4.00. The lowest BCUT2D eigenvalue weighted by Gasteiger charge is -2.39. The highest BCUT2D eigenvalue weighted by molar-refractivity contribution is 7.99. The number of piperidine rings is 1. The number of nitrogens with zero attached hydrogens (tertiary/aromatic N) is 3. The first-order chi connectivity index (χ1) is 11.3. The van der Waals surface area contributed by atoms with Gasteiger partial charge in [-0.05, 0) is 31.4 Å². The van der Waals surface area contributed by atoms with Crippen LogP contribution in [-0.4, -0.2) is 71.9 Å². The SMILES string of the molecule is O=C(CSc1ccccn1)N1CCCC[C@@H]1CN1CCOCC1. The summed E-state index contributed by atoms with van der Waals surface area (Å²) in [7, 11) is 0. The van der Waals surface area contributed by atoms with E-state index >= 15 is 0 Å². The van der Waals surface area contributed by atoms with Crippen molar-refractivity contribution in [1.29, 1.82) is 0 Å². The van der Waals surface area contributed by atoms with Crippen molar-refractivity contribution in [2.75, 3.05) is 45.1 Å². The maximum absolute atomic E-state index is 12.7. The summed E-state index contributed by atoms with van der Waals surface area (Å²) in [5.41, 5.74) is 0. The molecule has 2 aliphatic rings. The zero-order valence-electron chi connectivity index (χ0n) is 13.5. The van der Waals surface area contributed by atoms with E-state index in [0.717, 1.165) is 57.3 Å². The Kier molecular flexibility index (Phi) is 6.30. The van der Waals surface area contributed by atoms with Gasteiger partial charge in [-0.1, -0.05) is 17.8 Å². The van der Waals surface area contributed by atoms with Crippen LogP contribution >= 0.6 is 11.8 Å². The number of pyridine rings is 1. The molecule has 0 spiro atoms. The lowest BCUT2D eigenvalue weighted by atomic mass is 10.0. The Morgan fingerprint density at radius 2 is 2.13 bits per heavy atom. The maximum Gasteiger partial charge on any atom is 0.233 e. The van der Waals surface area contributed by atoms with Gasteiger partial charge in [0.15, 0.2) is 0 Å². The van der Waals surface area contributed by atoms with Crippen molar-refractivity contribution in [3.8, 4) is 0 Å². The lowest BCUT2D eigenvalue weighted by Crippen LogP contribution is -2.51. The number of morpholine rings is 1. The van der Waals surface area contributed by atoms with Crippen LogP contribution in [0.5, 0.6) is 0 Å². The monoisotopic (exact) mass is 335 g/mol. The van der Waals surface area contributed by atoms with Gasteiger partial charge in [-0.3, -0.25) is 9.69 Å². The third-order valence-corrected chi connectivity index (χ3v) is 5.43. The average molecular weight is 335 g/mol. The number of carbonyl (C=O) groups is 1. The number of ether oxygens (including phenoxy) is 1. The molecule has 126 valence electrons. The Bertz CT molecular complexity index is 494. The number of amides is 1. The number of rotatable bonds is 5. The Morgan fingerprint density at radius 3 is 2.91 bits per heavy atom. The van der Waals surface area contributed by atoms with E-state index in [1.807, 2.05) is 18.2 Å². The fourth-order valence-electron chi connectivity index (χ4n) is 3.25. The molecule has 0 unspecified atom stereocenters. The van der Waals surface area contributed by atoms with Crippen molar-refractivity contribution in [3.63, 3.8) is 0 Å². The molecule has 5 nitrogen and oxygen atoms in total. The molecule has 2 saturated heterocycles. The van der Waals surface area contributed by atoms with E-state index in [0.29, 0.717) is 11.8 Å². The van der Waals surface area contributed by atoms with Gasteiger partial charge in [0.1, 0.15) is 0 Å². The summed E-state index contributed by atoms with van der Waals surface area (Å²) >= 11 is 1.53. The molecular weight excluding hydrogens is 310 g/mol. The summed E-state index contributed by atoms with van der Waals surface area (Å²) in [5, 5.41) is 0.919. The third kappa shape index (κ3) is 4.93. The number of likely N-dealkylation sites (tertiary alicyclic amines) is 1. The molecule has 1 atom stereocenters. The average Bonchev–Trinajstić information content (AvgIpc) is 2.62. The number of hydrogen-bond acceptors (Lipinski definition) is 5. The second-order valence-corrected chi connectivity index (χ2v) is 7.10. The van der Waals surface area contributed by atoms with E-state index in [9.17, 15) is 4.79 Å². The van der Waals surface area contributed by atoms with Gasteiger partial charge in [-0.25, -0.2) is 4.98 Å². The summed E-state index contributed by atoms with van der Waals surface area (Å²) in [5.74, 6) is 0.731. The minimum Gasteiger partial charge on any atom is -0.379 e. The lowest BCUT2D eigenvalue weighted by molar-refractivity contribution is -0.132. The standard InChI is InChI=1S/C17H25N3O2S/c21-17(14-23-16-6-1-3-7-18-16)20-8-4-2-5-15(20)13-19-9-11-22-12-10-19/h1,3,6-7,15H,2,4-5,8-14H2/t15-/m1/s1. The molecule has 0 bridgehead atoms. The number of thioether (sulfide) groups is 1. The Balaban J connectivity index is 1.53. The molecule has 1 aromatic heterocycles. The Hall–Kier alpha value is -1.11. The predicted octanol–water partition coefficient (Wildman–Crippen LogP) is 1.89. The molecule has 2 aliphatic heterocycles. The summed E-state index contributed by atoms with van der Waals surface area (Å²) in [4.78, 5) is 21.5. The van der Waals surface area contributed by atoms with Gasteiger partial charge in [0.05, 0.1) is 24.0 Å². The van der Waals surface area contributed by atoms with Crippen LogP contribution in [0.15, 0.2) is 29.4 Å². The molecule has 1 aromatic rings. The van der Waals surface area contributed by atoms with Gasteiger partial charge >= 0.3 is 0 Å². The molecule has 0 saturated carbocycles. The summed E-state index contributed by atoms with van der Waals surface area (Å²) in [6, 6.07) is 6.18. The molecule has 1 amide bonds. The first kappa shape index (κ1) is 16.7. The first-order valence-electron chi connectivity index (χ1n) is 8.46. The number of aromatic nitrogens is 1. The van der Waals surface area contributed by atoms with E-state index in [1.165, 1.54) is 18.2 Å². The largest absolute Gasteiger partial charge is 0.379 e. The third-order valence-electron chi connectivity index (χ3n) is 4.50. The quantitative estimate of drug-likeness (QED) is 0.769. The zero-order valence-corrected chi connectivity index (χ0v) is 14.3. The van der Waals surface area contributed by atoms with Gasteiger partial charge in [0.2, 0.25) is 5.91 Å². The van der Waals surface area contributed by atoms with E-state index in [-0.39, 0.29) is 5.91 Å². The Labute approximate surface area is 142 Å². The van der Waals surface area contributed by atoms with Crippen molar-refractivity contribution in [1.82, 2.24) is 14.8 Å². The fraction of sp³-hybridized carbons (Fsp3) is 0.647. The second-order valence-electron chi connectivity index (χ2n) is 6.11. The van der Waals surface area contributed by atoms with E-state index in [2.05, 4.69) is 14.8 Å². The van der Waals surface area contributed by atoms with Crippen molar-refractivity contribution < 1.29 is 9.53 Å². The molecule has 0 aliphatic carbocycles. The van der Waals surface area contributed by atoms with Gasteiger partial charge < -0.3 is 9.64 Å².